The fourth-order valence-corrected chi connectivity index (χ4v) is 1.61. The predicted octanol–water partition coefficient (Wildman–Crippen LogP) is -0.596. The number of ether oxygens (including phenoxy) is 1. The van der Waals surface area contributed by atoms with Crippen LogP contribution in [-0.2, 0) is 16.1 Å². The minimum Gasteiger partial charge on any atom is -0.375 e. The molecule has 6 nitrogen and oxygen atoms in total. The van der Waals surface area contributed by atoms with E-state index in [2.05, 4.69) is 20.8 Å². The molecule has 1 unspecified atom stereocenters. The van der Waals surface area contributed by atoms with Crippen molar-refractivity contribution in [1.82, 2.24) is 20.8 Å². The van der Waals surface area contributed by atoms with Gasteiger partial charge < -0.3 is 15.4 Å². The van der Waals surface area contributed by atoms with Crippen LogP contribution in [0.4, 0.5) is 0 Å². The highest BCUT2D eigenvalue weighted by Crippen LogP contribution is 2.01. The van der Waals surface area contributed by atoms with Crippen LogP contribution in [0, 0.1) is 0 Å². The number of aromatic amines is 1. The van der Waals surface area contributed by atoms with Crippen molar-refractivity contribution in [3.8, 4) is 0 Å². The van der Waals surface area contributed by atoms with E-state index in [1.165, 1.54) is 0 Å². The van der Waals surface area contributed by atoms with Gasteiger partial charge in [0.15, 0.2) is 0 Å². The molecule has 88 valence electrons. The van der Waals surface area contributed by atoms with Crippen molar-refractivity contribution in [3.05, 3.63) is 18.0 Å². The minimum atomic E-state index is -0.00415. The summed E-state index contributed by atoms with van der Waals surface area (Å²) in [6.45, 7) is 2.78. The first-order chi connectivity index (χ1) is 7.84. The number of morpholine rings is 1. The molecule has 0 bridgehead atoms. The Labute approximate surface area is 93.8 Å². The molecule has 1 aliphatic rings. The molecule has 0 radical (unpaired) electrons. The highest BCUT2D eigenvalue weighted by Gasteiger charge is 2.16. The van der Waals surface area contributed by atoms with Gasteiger partial charge in [0.2, 0.25) is 5.91 Å². The van der Waals surface area contributed by atoms with Gasteiger partial charge in [-0.05, 0) is 6.07 Å². The van der Waals surface area contributed by atoms with Gasteiger partial charge in [-0.2, -0.15) is 5.10 Å². The second-order valence-electron chi connectivity index (χ2n) is 3.76. The molecule has 2 rings (SSSR count). The van der Waals surface area contributed by atoms with Crippen molar-refractivity contribution in [2.45, 2.75) is 19.1 Å². The molecule has 1 fully saturated rings. The smallest absolute Gasteiger partial charge is 0.222 e. The summed E-state index contributed by atoms with van der Waals surface area (Å²) >= 11 is 0. The van der Waals surface area contributed by atoms with Crippen LogP contribution in [0.25, 0.3) is 0 Å². The summed E-state index contributed by atoms with van der Waals surface area (Å²) in [5, 5.41) is 12.6. The van der Waals surface area contributed by atoms with Gasteiger partial charge in [-0.3, -0.25) is 9.89 Å². The number of nitrogens with one attached hydrogen (secondary N) is 3. The van der Waals surface area contributed by atoms with Crippen LogP contribution in [0.5, 0.6) is 0 Å². The van der Waals surface area contributed by atoms with E-state index in [0.29, 0.717) is 19.6 Å². The molecular formula is C10H16N4O2. The number of aromatic nitrogens is 2. The van der Waals surface area contributed by atoms with Gasteiger partial charge in [-0.15, -0.1) is 0 Å². The van der Waals surface area contributed by atoms with Gasteiger partial charge in [0, 0.05) is 19.3 Å². The van der Waals surface area contributed by atoms with Crippen LogP contribution in [0.1, 0.15) is 12.1 Å². The average Bonchev–Trinajstić information content (AvgIpc) is 2.81. The summed E-state index contributed by atoms with van der Waals surface area (Å²) in [7, 11) is 0. The lowest BCUT2D eigenvalue weighted by molar-refractivity contribution is -0.124. The number of carbonyl (C=O) groups excluding carboxylic acids is 1. The summed E-state index contributed by atoms with van der Waals surface area (Å²) in [4.78, 5) is 11.6. The van der Waals surface area contributed by atoms with E-state index in [0.717, 1.165) is 18.8 Å². The molecule has 1 aromatic rings. The standard InChI is InChI=1S/C10H16N4O2/c15-10(5-9-7-11-3-4-16-9)12-6-8-1-2-13-14-8/h1-2,9,11H,3-7H2,(H,12,15)(H,13,14). The summed E-state index contributed by atoms with van der Waals surface area (Å²) in [6, 6.07) is 1.83. The Bertz CT molecular complexity index is 320. The van der Waals surface area contributed by atoms with Crippen molar-refractivity contribution in [3.63, 3.8) is 0 Å². The van der Waals surface area contributed by atoms with Crippen LogP contribution < -0.4 is 10.6 Å². The van der Waals surface area contributed by atoms with E-state index in [9.17, 15) is 4.79 Å². The van der Waals surface area contributed by atoms with Crippen molar-refractivity contribution >= 4 is 5.91 Å². The van der Waals surface area contributed by atoms with Gasteiger partial charge in [-0.25, -0.2) is 0 Å². The second kappa shape index (κ2) is 5.62. The lowest BCUT2D eigenvalue weighted by atomic mass is 10.2. The van der Waals surface area contributed by atoms with Crippen LogP contribution >= 0.6 is 0 Å². The molecule has 2 heterocycles. The molecule has 1 aliphatic heterocycles. The number of hydrogen-bond donors (Lipinski definition) is 3. The Balaban J connectivity index is 1.67. The summed E-state index contributed by atoms with van der Waals surface area (Å²) in [5.41, 5.74) is 0.899. The number of hydrogen-bond acceptors (Lipinski definition) is 4. The first-order valence-corrected chi connectivity index (χ1v) is 5.42. The van der Waals surface area contributed by atoms with Crippen molar-refractivity contribution in [1.29, 1.82) is 0 Å². The Morgan fingerprint density at radius 3 is 3.31 bits per heavy atom. The predicted molar refractivity (Wildman–Crippen MR) is 57.7 cm³/mol. The molecule has 0 spiro atoms. The normalized spacial score (nSPS) is 20.6. The highest BCUT2D eigenvalue weighted by molar-refractivity contribution is 5.76. The molecule has 0 saturated carbocycles. The Kier molecular flexibility index (Phi) is 3.90. The maximum Gasteiger partial charge on any atom is 0.222 e. The monoisotopic (exact) mass is 224 g/mol. The van der Waals surface area contributed by atoms with E-state index in [-0.39, 0.29) is 12.0 Å². The third kappa shape index (κ3) is 3.32. The van der Waals surface area contributed by atoms with E-state index in [1.54, 1.807) is 6.20 Å². The Morgan fingerprint density at radius 2 is 2.62 bits per heavy atom. The lowest BCUT2D eigenvalue weighted by Gasteiger charge is -2.22. The second-order valence-corrected chi connectivity index (χ2v) is 3.76. The van der Waals surface area contributed by atoms with Crippen LogP contribution in [-0.4, -0.2) is 41.9 Å². The van der Waals surface area contributed by atoms with Gasteiger partial charge in [0.25, 0.3) is 0 Å². The zero-order valence-electron chi connectivity index (χ0n) is 9.03. The lowest BCUT2D eigenvalue weighted by Crippen LogP contribution is -2.41. The van der Waals surface area contributed by atoms with Crippen LogP contribution in [0.2, 0.25) is 0 Å². The molecule has 0 aromatic carbocycles. The average molecular weight is 224 g/mol. The van der Waals surface area contributed by atoms with E-state index in [1.807, 2.05) is 6.07 Å². The summed E-state index contributed by atoms with van der Waals surface area (Å²) in [5.74, 6) is 0.00306. The Morgan fingerprint density at radius 1 is 1.69 bits per heavy atom. The SMILES string of the molecule is O=C(CC1CNCCO1)NCc1ccn[nH]1. The quantitative estimate of drug-likeness (QED) is 0.638. The topological polar surface area (TPSA) is 79.0 Å². The third-order valence-electron chi connectivity index (χ3n) is 2.45. The van der Waals surface area contributed by atoms with Crippen molar-refractivity contribution in [2.24, 2.45) is 0 Å². The fourth-order valence-electron chi connectivity index (χ4n) is 1.61. The minimum absolute atomic E-state index is 0.00306. The molecule has 1 saturated heterocycles. The number of rotatable bonds is 4. The van der Waals surface area contributed by atoms with Crippen LogP contribution in [0.3, 0.4) is 0 Å². The largest absolute Gasteiger partial charge is 0.375 e. The maximum atomic E-state index is 11.6. The fraction of sp³-hybridized carbons (Fsp3) is 0.600. The maximum absolute atomic E-state index is 11.6. The molecule has 1 atom stereocenters. The van der Waals surface area contributed by atoms with E-state index in [4.69, 9.17) is 4.74 Å². The molecular weight excluding hydrogens is 208 g/mol. The number of carbonyl (C=O) groups is 1. The molecule has 1 aromatic heterocycles. The highest BCUT2D eigenvalue weighted by atomic mass is 16.5. The summed E-state index contributed by atoms with van der Waals surface area (Å²) < 4.78 is 5.44. The van der Waals surface area contributed by atoms with Crippen molar-refractivity contribution < 1.29 is 9.53 Å². The van der Waals surface area contributed by atoms with Crippen LogP contribution in [0.15, 0.2) is 12.3 Å². The van der Waals surface area contributed by atoms with Crippen molar-refractivity contribution in [2.75, 3.05) is 19.7 Å². The van der Waals surface area contributed by atoms with E-state index >= 15 is 0 Å². The molecule has 16 heavy (non-hydrogen) atoms. The molecule has 1 amide bonds. The first-order valence-electron chi connectivity index (χ1n) is 5.42. The third-order valence-corrected chi connectivity index (χ3v) is 2.45. The first kappa shape index (κ1) is 11.1. The van der Waals surface area contributed by atoms with Gasteiger partial charge in [0.1, 0.15) is 0 Å². The molecule has 6 heteroatoms. The molecule has 3 N–H and O–H groups in total. The molecule has 0 aliphatic carbocycles. The zero-order valence-corrected chi connectivity index (χ0v) is 9.03. The number of nitrogens with zero attached hydrogens (tertiary/aromatic N) is 1. The zero-order chi connectivity index (χ0) is 11.2. The Hall–Kier alpha value is -1.40. The summed E-state index contributed by atoms with van der Waals surface area (Å²) in [6.07, 6.45) is 2.06. The number of amides is 1. The van der Waals surface area contributed by atoms with Gasteiger partial charge >= 0.3 is 0 Å². The van der Waals surface area contributed by atoms with Gasteiger partial charge in [0.05, 0.1) is 31.4 Å². The van der Waals surface area contributed by atoms with E-state index < -0.39 is 0 Å². The van der Waals surface area contributed by atoms with Gasteiger partial charge in [-0.1, -0.05) is 0 Å². The number of H-pyrrole nitrogens is 1.